The van der Waals surface area contributed by atoms with E-state index in [0.717, 1.165) is 5.56 Å². The van der Waals surface area contributed by atoms with E-state index in [9.17, 15) is 10.1 Å². The number of nitrogens with zero attached hydrogens (tertiary/aromatic N) is 3. The van der Waals surface area contributed by atoms with Gasteiger partial charge in [-0.3, -0.25) is 4.79 Å². The highest BCUT2D eigenvalue weighted by Crippen LogP contribution is 2.29. The zero-order valence-electron chi connectivity index (χ0n) is 13.9. The van der Waals surface area contributed by atoms with Crippen LogP contribution in [0.25, 0.3) is 11.3 Å². The average Bonchev–Trinajstić information content (AvgIpc) is 2.64. The molecule has 130 valence electrons. The van der Waals surface area contributed by atoms with E-state index in [2.05, 4.69) is 21.4 Å². The molecule has 0 aliphatic rings. The summed E-state index contributed by atoms with van der Waals surface area (Å²) in [6, 6.07) is 9.26. The highest BCUT2D eigenvalue weighted by Gasteiger charge is 2.16. The van der Waals surface area contributed by atoms with E-state index < -0.39 is 0 Å². The summed E-state index contributed by atoms with van der Waals surface area (Å²) in [4.78, 5) is 20.0. The minimum Gasteiger partial charge on any atom is -0.464 e. The van der Waals surface area contributed by atoms with Crippen molar-refractivity contribution in [2.24, 2.45) is 0 Å². The summed E-state index contributed by atoms with van der Waals surface area (Å²) in [5.74, 6) is 0.149. The number of thioether (sulfide) groups is 1. The molecule has 1 N–H and O–H groups in total. The fourth-order valence-corrected chi connectivity index (χ4v) is 2.51. The van der Waals surface area contributed by atoms with Crippen molar-refractivity contribution in [2.75, 3.05) is 24.7 Å². The number of hydrogen-bond donors (Lipinski definition) is 1. The molecule has 0 bridgehead atoms. The number of carbonyl (C=O) groups excluding carboxylic acids is 1. The van der Waals surface area contributed by atoms with Crippen LogP contribution in [0.5, 0.6) is 0 Å². The Balaban J connectivity index is 2.29. The van der Waals surface area contributed by atoms with Crippen LogP contribution in [0, 0.1) is 11.3 Å². The quantitative estimate of drug-likeness (QED) is 0.340. The van der Waals surface area contributed by atoms with Gasteiger partial charge in [0.05, 0.1) is 12.2 Å². The number of esters is 1. The fourth-order valence-electron chi connectivity index (χ4n) is 2.02. The predicted octanol–water partition coefficient (Wildman–Crippen LogP) is 3.76. The predicted molar refractivity (Wildman–Crippen MR) is 98.7 cm³/mol. The van der Waals surface area contributed by atoms with Crippen LogP contribution < -0.4 is 5.32 Å². The summed E-state index contributed by atoms with van der Waals surface area (Å²) in [6.45, 7) is 2.29. The van der Waals surface area contributed by atoms with Gasteiger partial charge < -0.3 is 10.1 Å². The molecule has 1 heterocycles. The first-order chi connectivity index (χ1) is 12.1. The molecule has 0 saturated carbocycles. The van der Waals surface area contributed by atoms with E-state index in [1.807, 2.05) is 18.4 Å². The van der Waals surface area contributed by atoms with E-state index >= 15 is 0 Å². The molecule has 0 spiro atoms. The second-order valence-electron chi connectivity index (χ2n) is 4.90. The monoisotopic (exact) mass is 376 g/mol. The first kappa shape index (κ1) is 19.0. The Bertz CT molecular complexity index is 790. The van der Waals surface area contributed by atoms with Crippen molar-refractivity contribution in [3.8, 4) is 17.3 Å². The maximum atomic E-state index is 11.2. The van der Waals surface area contributed by atoms with Crippen molar-refractivity contribution in [3.63, 3.8) is 0 Å². The highest BCUT2D eigenvalue weighted by atomic mass is 35.5. The summed E-state index contributed by atoms with van der Waals surface area (Å²) in [7, 11) is 0. The maximum absolute atomic E-state index is 11.2. The number of halogens is 1. The molecule has 1 aromatic carbocycles. The van der Waals surface area contributed by atoms with E-state index in [0.29, 0.717) is 40.2 Å². The highest BCUT2D eigenvalue weighted by molar-refractivity contribution is 7.98. The lowest BCUT2D eigenvalue weighted by atomic mass is 10.1. The van der Waals surface area contributed by atoms with E-state index in [1.165, 1.54) is 11.8 Å². The lowest BCUT2D eigenvalue weighted by molar-refractivity contribution is -0.142. The van der Waals surface area contributed by atoms with Crippen LogP contribution in [-0.2, 0) is 9.53 Å². The molecule has 0 radical (unpaired) electrons. The number of anilines is 1. The molecule has 0 aliphatic heterocycles. The number of rotatable bonds is 7. The van der Waals surface area contributed by atoms with Crippen LogP contribution in [-0.4, -0.2) is 35.3 Å². The van der Waals surface area contributed by atoms with Crippen molar-refractivity contribution in [1.29, 1.82) is 5.26 Å². The maximum Gasteiger partial charge on any atom is 0.305 e. The van der Waals surface area contributed by atoms with Gasteiger partial charge in [-0.2, -0.15) is 5.26 Å². The van der Waals surface area contributed by atoms with Crippen molar-refractivity contribution in [3.05, 3.63) is 34.9 Å². The van der Waals surface area contributed by atoms with Gasteiger partial charge in [0, 0.05) is 17.0 Å². The molecule has 25 heavy (non-hydrogen) atoms. The zero-order chi connectivity index (χ0) is 18.2. The fraction of sp³-hybridized carbons (Fsp3) is 0.294. The molecular weight excluding hydrogens is 360 g/mol. The Labute approximate surface area is 155 Å². The third kappa shape index (κ3) is 5.08. The molecule has 1 aromatic heterocycles. The lowest BCUT2D eigenvalue weighted by Gasteiger charge is -2.12. The molecule has 0 amide bonds. The van der Waals surface area contributed by atoms with Crippen molar-refractivity contribution < 1.29 is 9.53 Å². The Morgan fingerprint density at radius 2 is 2.08 bits per heavy atom. The third-order valence-corrected chi connectivity index (χ3v) is 4.05. The molecule has 2 rings (SSSR count). The Morgan fingerprint density at radius 3 is 2.68 bits per heavy atom. The van der Waals surface area contributed by atoms with Crippen molar-refractivity contribution in [1.82, 2.24) is 9.97 Å². The number of hydrogen-bond acceptors (Lipinski definition) is 7. The number of nitrogens with one attached hydrogen (secondary N) is 1. The smallest absolute Gasteiger partial charge is 0.305 e. The molecule has 0 atom stereocenters. The molecule has 0 saturated heterocycles. The number of nitriles is 1. The topological polar surface area (TPSA) is 87.9 Å². The second kappa shape index (κ2) is 9.25. The first-order valence-corrected chi connectivity index (χ1v) is 9.20. The van der Waals surface area contributed by atoms with Crippen LogP contribution in [0.1, 0.15) is 18.9 Å². The summed E-state index contributed by atoms with van der Waals surface area (Å²) >= 11 is 7.31. The van der Waals surface area contributed by atoms with Gasteiger partial charge in [0.1, 0.15) is 24.1 Å². The first-order valence-electron chi connectivity index (χ1n) is 7.60. The van der Waals surface area contributed by atoms with E-state index in [1.54, 1.807) is 19.1 Å². The minimum absolute atomic E-state index is 0.201. The number of carbonyl (C=O) groups is 1. The van der Waals surface area contributed by atoms with Crippen molar-refractivity contribution >= 4 is 35.1 Å². The number of aromatic nitrogens is 2. The van der Waals surface area contributed by atoms with Crippen LogP contribution in [0.15, 0.2) is 29.4 Å². The van der Waals surface area contributed by atoms with Gasteiger partial charge in [0.15, 0.2) is 5.16 Å². The molecule has 0 aliphatic carbocycles. The standard InChI is InChI=1S/C17H17ClN4O2S/c1-3-14(23)24-9-8-20-16-13(10-19)15(21-17(22-16)25-2)11-4-6-12(18)7-5-11/h4-7H,3,8-9H2,1-2H3,(H,20,21,22). The molecule has 6 nitrogen and oxygen atoms in total. The van der Waals surface area contributed by atoms with Crippen LogP contribution >= 0.6 is 23.4 Å². The summed E-state index contributed by atoms with van der Waals surface area (Å²) < 4.78 is 5.02. The third-order valence-electron chi connectivity index (χ3n) is 3.25. The number of ether oxygens (including phenoxy) is 1. The van der Waals surface area contributed by atoms with E-state index in [-0.39, 0.29) is 12.6 Å². The van der Waals surface area contributed by atoms with Crippen molar-refractivity contribution in [2.45, 2.75) is 18.5 Å². The lowest BCUT2D eigenvalue weighted by Crippen LogP contribution is -2.15. The molecule has 0 unspecified atom stereocenters. The molecule has 8 heteroatoms. The number of benzene rings is 1. The van der Waals surface area contributed by atoms with Gasteiger partial charge in [-0.25, -0.2) is 9.97 Å². The molecule has 2 aromatic rings. The largest absolute Gasteiger partial charge is 0.464 e. The van der Waals surface area contributed by atoms with Gasteiger partial charge >= 0.3 is 5.97 Å². The minimum atomic E-state index is -0.267. The average molecular weight is 377 g/mol. The molecular formula is C17H17ClN4O2S. The van der Waals surface area contributed by atoms with Gasteiger partial charge in [-0.1, -0.05) is 42.4 Å². The van der Waals surface area contributed by atoms with Gasteiger partial charge in [-0.05, 0) is 18.4 Å². The van der Waals surface area contributed by atoms with Gasteiger partial charge in [0.25, 0.3) is 0 Å². The Morgan fingerprint density at radius 1 is 1.36 bits per heavy atom. The molecule has 0 fully saturated rings. The van der Waals surface area contributed by atoms with Gasteiger partial charge in [-0.15, -0.1) is 0 Å². The zero-order valence-corrected chi connectivity index (χ0v) is 15.4. The van der Waals surface area contributed by atoms with Gasteiger partial charge in [0.2, 0.25) is 0 Å². The van der Waals surface area contributed by atoms with E-state index in [4.69, 9.17) is 16.3 Å². The summed E-state index contributed by atoms with van der Waals surface area (Å²) in [5, 5.41) is 13.8. The van der Waals surface area contributed by atoms with Crippen LogP contribution in [0.3, 0.4) is 0 Å². The van der Waals surface area contributed by atoms with Crippen LogP contribution in [0.4, 0.5) is 5.82 Å². The SMILES string of the molecule is CCC(=O)OCCNc1nc(SC)nc(-c2ccc(Cl)cc2)c1C#N. The summed E-state index contributed by atoms with van der Waals surface area (Å²) in [6.07, 6.45) is 2.19. The Kier molecular flexibility index (Phi) is 7.04. The Hall–Kier alpha value is -2.30. The summed E-state index contributed by atoms with van der Waals surface area (Å²) in [5.41, 5.74) is 1.65. The second-order valence-corrected chi connectivity index (χ2v) is 6.11. The normalized spacial score (nSPS) is 10.2. The van der Waals surface area contributed by atoms with Crippen LogP contribution in [0.2, 0.25) is 5.02 Å².